The first-order chi connectivity index (χ1) is 8.31. The Morgan fingerprint density at radius 1 is 1.39 bits per heavy atom. The maximum atomic E-state index is 9.90. The van der Waals surface area contributed by atoms with E-state index in [1.165, 1.54) is 0 Å². The van der Waals surface area contributed by atoms with E-state index in [0.717, 1.165) is 17.7 Å². The fourth-order valence-electron chi connectivity index (χ4n) is 1.91. The molecule has 0 aliphatic heterocycles. The van der Waals surface area contributed by atoms with Gasteiger partial charge in [-0.15, -0.1) is 0 Å². The maximum Gasteiger partial charge on any atom is 0.0994 e. The zero-order valence-corrected chi connectivity index (χ0v) is 11.6. The summed E-state index contributed by atoms with van der Waals surface area (Å²) in [6.07, 6.45) is 0.399. The highest BCUT2D eigenvalue weighted by atomic mass is 16.3. The van der Waals surface area contributed by atoms with Gasteiger partial charge in [-0.2, -0.15) is 5.26 Å². The van der Waals surface area contributed by atoms with E-state index in [0.29, 0.717) is 12.1 Å². The fourth-order valence-corrected chi connectivity index (χ4v) is 1.91. The summed E-state index contributed by atoms with van der Waals surface area (Å²) in [5.41, 5.74) is 2.71. The van der Waals surface area contributed by atoms with E-state index in [-0.39, 0.29) is 11.5 Å². The molecule has 0 aliphatic rings. The fraction of sp³-hybridized carbons (Fsp3) is 0.533. The van der Waals surface area contributed by atoms with Gasteiger partial charge in [0.05, 0.1) is 17.7 Å². The van der Waals surface area contributed by atoms with Gasteiger partial charge in [0, 0.05) is 12.2 Å². The normalized spacial score (nSPS) is 12.9. The Balaban J connectivity index is 2.54. The van der Waals surface area contributed by atoms with Crippen LogP contribution in [0.15, 0.2) is 18.2 Å². The molecule has 1 aromatic rings. The van der Waals surface area contributed by atoms with Crippen LogP contribution in [0.4, 0.5) is 5.69 Å². The number of nitrogens with one attached hydrogen (secondary N) is 1. The van der Waals surface area contributed by atoms with Crippen LogP contribution in [0, 0.1) is 23.7 Å². The van der Waals surface area contributed by atoms with Gasteiger partial charge < -0.3 is 10.4 Å². The van der Waals surface area contributed by atoms with Crippen LogP contribution in [0.25, 0.3) is 0 Å². The van der Waals surface area contributed by atoms with Crippen molar-refractivity contribution in [1.82, 2.24) is 0 Å². The highest BCUT2D eigenvalue weighted by Crippen LogP contribution is 2.21. The Kier molecular flexibility index (Phi) is 4.75. The standard InChI is InChI=1S/C15H22N2O/c1-11-7-13(6-5-12(11)9-16)17-10-14(18)8-15(2,3)4/h5-7,14,17-18H,8,10H2,1-4H3. The average Bonchev–Trinajstić information content (AvgIpc) is 2.24. The first-order valence-corrected chi connectivity index (χ1v) is 6.24. The molecule has 3 nitrogen and oxygen atoms in total. The van der Waals surface area contributed by atoms with Crippen molar-refractivity contribution < 1.29 is 5.11 Å². The quantitative estimate of drug-likeness (QED) is 0.858. The number of aliphatic hydroxyl groups is 1. The Morgan fingerprint density at radius 3 is 2.56 bits per heavy atom. The molecule has 0 heterocycles. The van der Waals surface area contributed by atoms with Crippen molar-refractivity contribution >= 4 is 5.69 Å². The van der Waals surface area contributed by atoms with Gasteiger partial charge in [0.25, 0.3) is 0 Å². The number of hydrogen-bond acceptors (Lipinski definition) is 3. The number of nitrogens with zero attached hydrogens (tertiary/aromatic N) is 1. The summed E-state index contributed by atoms with van der Waals surface area (Å²) in [6.45, 7) is 8.78. The number of aryl methyl sites for hydroxylation is 1. The van der Waals surface area contributed by atoms with Crippen molar-refractivity contribution in [3.8, 4) is 6.07 Å². The summed E-state index contributed by atoms with van der Waals surface area (Å²) in [4.78, 5) is 0. The lowest BCUT2D eigenvalue weighted by molar-refractivity contribution is 0.132. The summed E-state index contributed by atoms with van der Waals surface area (Å²) >= 11 is 0. The second kappa shape index (κ2) is 5.88. The smallest absolute Gasteiger partial charge is 0.0994 e. The van der Waals surface area contributed by atoms with Crippen LogP contribution >= 0.6 is 0 Å². The van der Waals surface area contributed by atoms with Crippen molar-refractivity contribution in [2.75, 3.05) is 11.9 Å². The predicted molar refractivity (Wildman–Crippen MR) is 74.5 cm³/mol. The molecule has 3 heteroatoms. The molecule has 0 radical (unpaired) electrons. The van der Waals surface area contributed by atoms with E-state index in [2.05, 4.69) is 32.2 Å². The van der Waals surface area contributed by atoms with Gasteiger partial charge >= 0.3 is 0 Å². The molecule has 1 rings (SSSR count). The van der Waals surface area contributed by atoms with Crippen molar-refractivity contribution in [2.24, 2.45) is 5.41 Å². The lowest BCUT2D eigenvalue weighted by Crippen LogP contribution is -2.25. The summed E-state index contributed by atoms with van der Waals surface area (Å²) in [5, 5.41) is 21.9. The van der Waals surface area contributed by atoms with Crippen LogP contribution < -0.4 is 5.32 Å². The van der Waals surface area contributed by atoms with Crippen LogP contribution in [0.2, 0.25) is 0 Å². The van der Waals surface area contributed by atoms with Crippen LogP contribution in [0.3, 0.4) is 0 Å². The molecule has 0 saturated heterocycles. The lowest BCUT2D eigenvalue weighted by Gasteiger charge is -2.22. The Morgan fingerprint density at radius 2 is 2.06 bits per heavy atom. The highest BCUT2D eigenvalue weighted by molar-refractivity contribution is 5.51. The number of anilines is 1. The van der Waals surface area contributed by atoms with E-state index in [1.54, 1.807) is 6.07 Å². The summed E-state index contributed by atoms with van der Waals surface area (Å²) in [7, 11) is 0. The molecular weight excluding hydrogens is 224 g/mol. The molecule has 18 heavy (non-hydrogen) atoms. The third kappa shape index (κ3) is 4.77. The summed E-state index contributed by atoms with van der Waals surface area (Å²) in [5.74, 6) is 0. The van der Waals surface area contributed by atoms with Crippen LogP contribution in [-0.2, 0) is 0 Å². The summed E-state index contributed by atoms with van der Waals surface area (Å²) in [6, 6.07) is 7.74. The van der Waals surface area contributed by atoms with Crippen molar-refractivity contribution in [1.29, 1.82) is 5.26 Å². The average molecular weight is 246 g/mol. The van der Waals surface area contributed by atoms with Gasteiger partial charge in [-0.3, -0.25) is 0 Å². The third-order valence-corrected chi connectivity index (χ3v) is 2.74. The van der Waals surface area contributed by atoms with E-state index in [4.69, 9.17) is 5.26 Å². The minimum atomic E-state index is -0.360. The van der Waals surface area contributed by atoms with Gasteiger partial charge in [-0.25, -0.2) is 0 Å². The van der Waals surface area contributed by atoms with Gasteiger partial charge in [0.1, 0.15) is 0 Å². The van der Waals surface area contributed by atoms with Crippen molar-refractivity contribution in [3.05, 3.63) is 29.3 Å². The summed E-state index contributed by atoms with van der Waals surface area (Å²) < 4.78 is 0. The molecule has 0 bridgehead atoms. The predicted octanol–water partition coefficient (Wildman–Crippen LogP) is 3.08. The van der Waals surface area contributed by atoms with Crippen molar-refractivity contribution in [3.63, 3.8) is 0 Å². The second-order valence-electron chi connectivity index (χ2n) is 5.94. The lowest BCUT2D eigenvalue weighted by atomic mass is 9.89. The monoisotopic (exact) mass is 246 g/mol. The van der Waals surface area contributed by atoms with Crippen LogP contribution in [-0.4, -0.2) is 17.8 Å². The molecule has 98 valence electrons. The van der Waals surface area contributed by atoms with Gasteiger partial charge in [-0.05, 0) is 42.5 Å². The Bertz CT molecular complexity index is 441. The molecule has 2 N–H and O–H groups in total. The molecule has 1 aromatic carbocycles. The van der Waals surface area contributed by atoms with Gasteiger partial charge in [0.15, 0.2) is 0 Å². The van der Waals surface area contributed by atoms with E-state index in [9.17, 15) is 5.11 Å². The second-order valence-corrected chi connectivity index (χ2v) is 5.94. The SMILES string of the molecule is Cc1cc(NCC(O)CC(C)(C)C)ccc1C#N. The molecule has 0 saturated carbocycles. The zero-order chi connectivity index (χ0) is 13.8. The van der Waals surface area contributed by atoms with E-state index < -0.39 is 0 Å². The molecule has 0 aliphatic carbocycles. The maximum absolute atomic E-state index is 9.90. The molecule has 0 fully saturated rings. The number of nitriles is 1. The Labute approximate surface area is 109 Å². The highest BCUT2D eigenvalue weighted by Gasteiger charge is 2.16. The minimum Gasteiger partial charge on any atom is -0.391 e. The van der Waals surface area contributed by atoms with Crippen molar-refractivity contribution in [2.45, 2.75) is 40.2 Å². The number of benzene rings is 1. The first kappa shape index (κ1) is 14.5. The molecular formula is C15H22N2O. The van der Waals surface area contributed by atoms with E-state index in [1.807, 2.05) is 19.1 Å². The van der Waals surface area contributed by atoms with Gasteiger partial charge in [-0.1, -0.05) is 20.8 Å². The minimum absolute atomic E-state index is 0.127. The van der Waals surface area contributed by atoms with Gasteiger partial charge in [0.2, 0.25) is 0 Å². The molecule has 1 atom stereocenters. The number of hydrogen-bond donors (Lipinski definition) is 2. The van der Waals surface area contributed by atoms with Crippen LogP contribution in [0.5, 0.6) is 0 Å². The zero-order valence-electron chi connectivity index (χ0n) is 11.6. The first-order valence-electron chi connectivity index (χ1n) is 6.24. The molecule has 0 aromatic heterocycles. The molecule has 0 spiro atoms. The van der Waals surface area contributed by atoms with E-state index >= 15 is 0 Å². The Hall–Kier alpha value is -1.53. The molecule has 0 amide bonds. The molecule has 1 unspecified atom stereocenters. The number of aliphatic hydroxyl groups excluding tert-OH is 1. The topological polar surface area (TPSA) is 56.0 Å². The number of rotatable bonds is 4. The third-order valence-electron chi connectivity index (χ3n) is 2.74. The largest absolute Gasteiger partial charge is 0.391 e. The van der Waals surface area contributed by atoms with Crippen LogP contribution in [0.1, 0.15) is 38.3 Å².